The highest BCUT2D eigenvalue weighted by atomic mass is 35.5. The summed E-state index contributed by atoms with van der Waals surface area (Å²) >= 11 is 6.05. The molecule has 0 aliphatic rings. The van der Waals surface area contributed by atoms with E-state index in [4.69, 9.17) is 16.3 Å². The van der Waals surface area contributed by atoms with Gasteiger partial charge in [0, 0.05) is 35.0 Å². The van der Waals surface area contributed by atoms with Crippen molar-refractivity contribution in [3.63, 3.8) is 0 Å². The van der Waals surface area contributed by atoms with Gasteiger partial charge >= 0.3 is 0 Å². The van der Waals surface area contributed by atoms with E-state index in [1.807, 2.05) is 25.1 Å². The molecule has 6 heteroatoms. The standard InChI is InChI=1S/C15H15ClN2O3/c1-2-17-12-7-13(18(19)20)9-14(8-12)21-10-11-5-3-4-6-15(11)16/h3-9,17H,2,10H2,1H3. The first kappa shape index (κ1) is 15.1. The molecule has 0 atom stereocenters. The average molecular weight is 307 g/mol. The Bertz CT molecular complexity index is 647. The zero-order valence-corrected chi connectivity index (χ0v) is 12.3. The van der Waals surface area contributed by atoms with Gasteiger partial charge in [-0.2, -0.15) is 0 Å². The Morgan fingerprint density at radius 2 is 2.05 bits per heavy atom. The van der Waals surface area contributed by atoms with Crippen LogP contribution >= 0.6 is 11.6 Å². The van der Waals surface area contributed by atoms with Gasteiger partial charge in [-0.3, -0.25) is 10.1 Å². The predicted octanol–water partition coefficient (Wildman–Crippen LogP) is 4.26. The molecule has 0 saturated heterocycles. The molecule has 110 valence electrons. The van der Waals surface area contributed by atoms with Crippen LogP contribution in [0.5, 0.6) is 5.75 Å². The topological polar surface area (TPSA) is 64.4 Å². The van der Waals surface area contributed by atoms with Gasteiger partial charge in [0.1, 0.15) is 12.4 Å². The van der Waals surface area contributed by atoms with Gasteiger partial charge in [0.25, 0.3) is 5.69 Å². The third-order valence-electron chi connectivity index (χ3n) is 2.84. The minimum absolute atomic E-state index is 0.0115. The maximum Gasteiger partial charge on any atom is 0.275 e. The summed E-state index contributed by atoms with van der Waals surface area (Å²) in [7, 11) is 0. The number of anilines is 1. The molecule has 0 aromatic heterocycles. The molecule has 2 aromatic rings. The summed E-state index contributed by atoms with van der Waals surface area (Å²) in [6, 6.07) is 11.9. The molecule has 0 aliphatic carbocycles. The monoisotopic (exact) mass is 306 g/mol. The van der Waals surface area contributed by atoms with Crippen LogP contribution < -0.4 is 10.1 Å². The molecule has 0 heterocycles. The van der Waals surface area contributed by atoms with E-state index >= 15 is 0 Å². The molecular weight excluding hydrogens is 292 g/mol. The quantitative estimate of drug-likeness (QED) is 0.640. The Morgan fingerprint density at radius 1 is 1.29 bits per heavy atom. The molecule has 21 heavy (non-hydrogen) atoms. The molecule has 0 fully saturated rings. The summed E-state index contributed by atoms with van der Waals surface area (Å²) in [5.41, 5.74) is 1.47. The first-order valence-corrected chi connectivity index (χ1v) is 6.87. The van der Waals surface area contributed by atoms with E-state index in [9.17, 15) is 10.1 Å². The maximum absolute atomic E-state index is 10.9. The van der Waals surface area contributed by atoms with Crippen molar-refractivity contribution in [2.75, 3.05) is 11.9 Å². The molecule has 2 aromatic carbocycles. The Balaban J connectivity index is 2.19. The number of benzene rings is 2. The van der Waals surface area contributed by atoms with E-state index < -0.39 is 4.92 Å². The number of nitro groups is 1. The third kappa shape index (κ3) is 4.10. The minimum atomic E-state index is -0.441. The fourth-order valence-corrected chi connectivity index (χ4v) is 2.05. The summed E-state index contributed by atoms with van der Waals surface area (Å²) in [6.07, 6.45) is 0. The van der Waals surface area contributed by atoms with Crippen molar-refractivity contribution >= 4 is 23.0 Å². The van der Waals surface area contributed by atoms with Gasteiger partial charge in [-0.25, -0.2) is 0 Å². The zero-order valence-electron chi connectivity index (χ0n) is 11.5. The largest absolute Gasteiger partial charge is 0.489 e. The van der Waals surface area contributed by atoms with Gasteiger partial charge in [-0.05, 0) is 13.0 Å². The average Bonchev–Trinajstić information content (AvgIpc) is 2.46. The molecule has 0 spiro atoms. The number of ether oxygens (including phenoxy) is 1. The van der Waals surface area contributed by atoms with Gasteiger partial charge in [-0.1, -0.05) is 29.8 Å². The normalized spacial score (nSPS) is 10.2. The molecule has 1 N–H and O–H groups in total. The van der Waals surface area contributed by atoms with Crippen LogP contribution in [0.1, 0.15) is 12.5 Å². The van der Waals surface area contributed by atoms with E-state index in [1.54, 1.807) is 12.1 Å². The zero-order chi connectivity index (χ0) is 15.2. The highest BCUT2D eigenvalue weighted by Gasteiger charge is 2.11. The van der Waals surface area contributed by atoms with Crippen molar-refractivity contribution in [3.8, 4) is 5.75 Å². The van der Waals surface area contributed by atoms with Crippen LogP contribution in [0.15, 0.2) is 42.5 Å². The van der Waals surface area contributed by atoms with Crippen molar-refractivity contribution in [2.45, 2.75) is 13.5 Å². The number of hydrogen-bond acceptors (Lipinski definition) is 4. The summed E-state index contributed by atoms with van der Waals surface area (Å²) < 4.78 is 5.62. The third-order valence-corrected chi connectivity index (χ3v) is 3.20. The number of nitrogens with zero attached hydrogens (tertiary/aromatic N) is 1. The number of halogens is 1. The molecule has 0 amide bonds. The number of nitrogens with one attached hydrogen (secondary N) is 1. The van der Waals surface area contributed by atoms with Crippen LogP contribution in [0.25, 0.3) is 0 Å². The lowest BCUT2D eigenvalue weighted by Crippen LogP contribution is -2.01. The summed E-state index contributed by atoms with van der Waals surface area (Å²) in [5, 5.41) is 14.6. The first-order chi connectivity index (χ1) is 10.1. The van der Waals surface area contributed by atoms with Gasteiger partial charge in [-0.15, -0.1) is 0 Å². The summed E-state index contributed by atoms with van der Waals surface area (Å²) in [6.45, 7) is 2.85. The van der Waals surface area contributed by atoms with Crippen molar-refractivity contribution in [3.05, 3.63) is 63.2 Å². The lowest BCUT2D eigenvalue weighted by molar-refractivity contribution is -0.384. The van der Waals surface area contributed by atoms with E-state index in [1.165, 1.54) is 12.1 Å². The van der Waals surface area contributed by atoms with Crippen molar-refractivity contribution in [1.29, 1.82) is 0 Å². The summed E-state index contributed by atoms with van der Waals surface area (Å²) in [4.78, 5) is 10.5. The van der Waals surface area contributed by atoms with Crippen LogP contribution in [0.4, 0.5) is 11.4 Å². The van der Waals surface area contributed by atoms with Crippen LogP contribution in [-0.4, -0.2) is 11.5 Å². The highest BCUT2D eigenvalue weighted by Crippen LogP contribution is 2.27. The van der Waals surface area contributed by atoms with Gasteiger partial charge in [0.05, 0.1) is 11.0 Å². The molecular formula is C15H15ClN2O3. The van der Waals surface area contributed by atoms with Gasteiger partial charge in [0.15, 0.2) is 0 Å². The van der Waals surface area contributed by atoms with Crippen molar-refractivity contribution < 1.29 is 9.66 Å². The number of nitro benzene ring substituents is 1. The smallest absolute Gasteiger partial charge is 0.275 e. The number of non-ortho nitro benzene ring substituents is 1. The van der Waals surface area contributed by atoms with E-state index in [-0.39, 0.29) is 12.3 Å². The second-order valence-electron chi connectivity index (χ2n) is 4.38. The molecule has 5 nitrogen and oxygen atoms in total. The summed E-state index contributed by atoms with van der Waals surface area (Å²) in [5.74, 6) is 0.431. The Hall–Kier alpha value is -2.27. The maximum atomic E-state index is 10.9. The van der Waals surface area contributed by atoms with Crippen LogP contribution in [0.3, 0.4) is 0 Å². The second kappa shape index (κ2) is 6.95. The van der Waals surface area contributed by atoms with E-state index in [0.717, 1.165) is 5.56 Å². The predicted molar refractivity (Wildman–Crippen MR) is 83.0 cm³/mol. The molecule has 0 unspecified atom stereocenters. The molecule has 0 bridgehead atoms. The lowest BCUT2D eigenvalue weighted by Gasteiger charge is -2.10. The van der Waals surface area contributed by atoms with Gasteiger partial charge < -0.3 is 10.1 Å². The van der Waals surface area contributed by atoms with Crippen LogP contribution in [0, 0.1) is 10.1 Å². The molecule has 0 radical (unpaired) electrons. The van der Waals surface area contributed by atoms with E-state index in [0.29, 0.717) is 23.0 Å². The fourth-order valence-electron chi connectivity index (χ4n) is 1.85. The molecule has 2 rings (SSSR count). The number of rotatable bonds is 6. The fraction of sp³-hybridized carbons (Fsp3) is 0.200. The Morgan fingerprint density at radius 3 is 2.71 bits per heavy atom. The minimum Gasteiger partial charge on any atom is -0.489 e. The lowest BCUT2D eigenvalue weighted by atomic mass is 10.2. The Kier molecular flexibility index (Phi) is 5.00. The molecule has 0 saturated carbocycles. The molecule has 0 aliphatic heterocycles. The second-order valence-corrected chi connectivity index (χ2v) is 4.79. The van der Waals surface area contributed by atoms with Gasteiger partial charge in [0.2, 0.25) is 0 Å². The number of hydrogen-bond donors (Lipinski definition) is 1. The SMILES string of the molecule is CCNc1cc(OCc2ccccc2Cl)cc([N+](=O)[O-])c1. The van der Waals surface area contributed by atoms with Crippen LogP contribution in [0.2, 0.25) is 5.02 Å². The van der Waals surface area contributed by atoms with E-state index in [2.05, 4.69) is 5.32 Å². The van der Waals surface area contributed by atoms with Crippen molar-refractivity contribution in [1.82, 2.24) is 0 Å². The first-order valence-electron chi connectivity index (χ1n) is 6.49. The highest BCUT2D eigenvalue weighted by molar-refractivity contribution is 6.31. The van der Waals surface area contributed by atoms with Crippen LogP contribution in [-0.2, 0) is 6.61 Å². The Labute approximate surface area is 127 Å². The van der Waals surface area contributed by atoms with Crippen molar-refractivity contribution in [2.24, 2.45) is 0 Å².